The van der Waals surface area contributed by atoms with Gasteiger partial charge in [0.25, 0.3) is 0 Å². The Bertz CT molecular complexity index is 690. The molecule has 0 heterocycles. The molecule has 1 amide bonds. The summed E-state index contributed by atoms with van der Waals surface area (Å²) in [4.78, 5) is 22.8. The molecule has 4 heteroatoms. The SMILES string of the molecule is CC(=O)Nc1ccc(C(C)=O)cc1OCc1ccc(C)cc1. The number of rotatable bonds is 5. The van der Waals surface area contributed by atoms with Gasteiger partial charge in [-0.25, -0.2) is 0 Å². The predicted molar refractivity (Wildman–Crippen MR) is 86.3 cm³/mol. The van der Waals surface area contributed by atoms with Gasteiger partial charge in [0, 0.05) is 12.5 Å². The largest absolute Gasteiger partial charge is 0.487 e. The van der Waals surface area contributed by atoms with Crippen LogP contribution in [0.15, 0.2) is 42.5 Å². The predicted octanol–water partition coefficient (Wildman–Crippen LogP) is 3.74. The summed E-state index contributed by atoms with van der Waals surface area (Å²) in [5, 5.41) is 2.71. The molecule has 0 saturated carbocycles. The van der Waals surface area contributed by atoms with Crippen molar-refractivity contribution in [2.75, 3.05) is 5.32 Å². The van der Waals surface area contributed by atoms with E-state index in [1.165, 1.54) is 19.4 Å². The summed E-state index contributed by atoms with van der Waals surface area (Å²) in [5.41, 5.74) is 3.31. The number of carbonyl (C=O) groups is 2. The first kappa shape index (κ1) is 15.8. The third kappa shape index (κ3) is 4.19. The van der Waals surface area contributed by atoms with Crippen LogP contribution in [0.25, 0.3) is 0 Å². The molecule has 0 bridgehead atoms. The highest BCUT2D eigenvalue weighted by atomic mass is 16.5. The summed E-state index contributed by atoms with van der Waals surface area (Å²) in [6.45, 7) is 5.32. The van der Waals surface area contributed by atoms with Crippen LogP contribution in [0.2, 0.25) is 0 Å². The Morgan fingerprint density at radius 2 is 1.73 bits per heavy atom. The summed E-state index contributed by atoms with van der Waals surface area (Å²) in [7, 11) is 0. The van der Waals surface area contributed by atoms with Gasteiger partial charge in [0.2, 0.25) is 5.91 Å². The smallest absolute Gasteiger partial charge is 0.221 e. The summed E-state index contributed by atoms with van der Waals surface area (Å²) in [6, 6.07) is 13.0. The van der Waals surface area contributed by atoms with Gasteiger partial charge in [-0.2, -0.15) is 0 Å². The Balaban J connectivity index is 2.22. The fourth-order valence-electron chi connectivity index (χ4n) is 2.00. The van der Waals surface area contributed by atoms with E-state index in [0.29, 0.717) is 23.6 Å². The third-order valence-corrected chi connectivity index (χ3v) is 3.21. The van der Waals surface area contributed by atoms with Gasteiger partial charge >= 0.3 is 0 Å². The average molecular weight is 297 g/mol. The van der Waals surface area contributed by atoms with Crippen LogP contribution in [-0.4, -0.2) is 11.7 Å². The van der Waals surface area contributed by atoms with Crippen molar-refractivity contribution in [3.05, 3.63) is 59.2 Å². The molecular weight excluding hydrogens is 278 g/mol. The molecule has 0 aliphatic carbocycles. The Hall–Kier alpha value is -2.62. The lowest BCUT2D eigenvalue weighted by molar-refractivity contribution is -0.114. The Labute approximate surface area is 130 Å². The number of aryl methyl sites for hydroxylation is 1. The molecular formula is C18H19NO3. The second-order valence-corrected chi connectivity index (χ2v) is 5.22. The molecule has 2 aromatic carbocycles. The highest BCUT2D eigenvalue weighted by Gasteiger charge is 2.09. The minimum atomic E-state index is -0.184. The zero-order valence-electron chi connectivity index (χ0n) is 13.0. The van der Waals surface area contributed by atoms with Gasteiger partial charge < -0.3 is 10.1 Å². The number of ether oxygens (including phenoxy) is 1. The fraction of sp³-hybridized carbons (Fsp3) is 0.222. The van der Waals surface area contributed by atoms with Crippen LogP contribution in [0.4, 0.5) is 5.69 Å². The lowest BCUT2D eigenvalue weighted by Gasteiger charge is -2.13. The van der Waals surface area contributed by atoms with Gasteiger partial charge in [-0.15, -0.1) is 0 Å². The first-order chi connectivity index (χ1) is 10.5. The maximum atomic E-state index is 11.5. The molecule has 0 aromatic heterocycles. The molecule has 22 heavy (non-hydrogen) atoms. The summed E-state index contributed by atoms with van der Waals surface area (Å²) < 4.78 is 5.79. The van der Waals surface area contributed by atoms with Crippen molar-refractivity contribution in [3.63, 3.8) is 0 Å². The summed E-state index contributed by atoms with van der Waals surface area (Å²) in [6.07, 6.45) is 0. The summed E-state index contributed by atoms with van der Waals surface area (Å²) >= 11 is 0. The summed E-state index contributed by atoms with van der Waals surface area (Å²) in [5.74, 6) is 0.258. The number of benzene rings is 2. The van der Waals surface area contributed by atoms with E-state index in [2.05, 4.69) is 5.32 Å². The van der Waals surface area contributed by atoms with Gasteiger partial charge in [-0.05, 0) is 37.6 Å². The quantitative estimate of drug-likeness (QED) is 0.855. The zero-order valence-corrected chi connectivity index (χ0v) is 13.0. The van der Waals surface area contributed by atoms with Gasteiger partial charge in [0.1, 0.15) is 12.4 Å². The van der Waals surface area contributed by atoms with E-state index in [0.717, 1.165) is 5.56 Å². The van der Waals surface area contributed by atoms with Crippen molar-refractivity contribution in [2.45, 2.75) is 27.4 Å². The van der Waals surface area contributed by atoms with Crippen LogP contribution >= 0.6 is 0 Å². The molecule has 0 saturated heterocycles. The van der Waals surface area contributed by atoms with Crippen molar-refractivity contribution >= 4 is 17.4 Å². The second kappa shape index (κ2) is 6.89. The van der Waals surface area contributed by atoms with Crippen LogP contribution in [0.3, 0.4) is 0 Å². The molecule has 2 aromatic rings. The number of amides is 1. The monoisotopic (exact) mass is 297 g/mol. The van der Waals surface area contributed by atoms with Crippen molar-refractivity contribution in [1.29, 1.82) is 0 Å². The number of hydrogen-bond donors (Lipinski definition) is 1. The average Bonchev–Trinajstić information content (AvgIpc) is 2.47. The standard InChI is InChI=1S/C18H19NO3/c1-12-4-6-15(7-5-12)11-22-18-10-16(13(2)20)8-9-17(18)19-14(3)21/h4-10H,11H2,1-3H3,(H,19,21). The molecule has 1 N–H and O–H groups in total. The minimum absolute atomic E-state index is 0.0467. The van der Waals surface area contributed by atoms with Crippen LogP contribution in [0.1, 0.15) is 35.3 Å². The van der Waals surface area contributed by atoms with E-state index in [9.17, 15) is 9.59 Å². The zero-order chi connectivity index (χ0) is 16.1. The van der Waals surface area contributed by atoms with E-state index in [1.807, 2.05) is 31.2 Å². The van der Waals surface area contributed by atoms with Crippen molar-refractivity contribution < 1.29 is 14.3 Å². The first-order valence-electron chi connectivity index (χ1n) is 7.06. The topological polar surface area (TPSA) is 55.4 Å². The number of carbonyl (C=O) groups excluding carboxylic acids is 2. The number of anilines is 1. The van der Waals surface area contributed by atoms with Gasteiger partial charge in [-0.3, -0.25) is 9.59 Å². The van der Waals surface area contributed by atoms with Crippen LogP contribution in [0, 0.1) is 6.92 Å². The van der Waals surface area contributed by atoms with E-state index < -0.39 is 0 Å². The van der Waals surface area contributed by atoms with Crippen LogP contribution < -0.4 is 10.1 Å². The number of hydrogen-bond acceptors (Lipinski definition) is 3. The normalized spacial score (nSPS) is 10.1. The highest BCUT2D eigenvalue weighted by Crippen LogP contribution is 2.27. The lowest BCUT2D eigenvalue weighted by Crippen LogP contribution is -2.09. The molecule has 0 radical (unpaired) electrons. The third-order valence-electron chi connectivity index (χ3n) is 3.21. The first-order valence-corrected chi connectivity index (χ1v) is 7.06. The van der Waals surface area contributed by atoms with Crippen LogP contribution in [0.5, 0.6) is 5.75 Å². The second-order valence-electron chi connectivity index (χ2n) is 5.22. The molecule has 2 rings (SSSR count). The molecule has 0 fully saturated rings. The molecule has 0 spiro atoms. The maximum absolute atomic E-state index is 11.5. The Morgan fingerprint density at radius 1 is 1.05 bits per heavy atom. The van der Waals surface area contributed by atoms with E-state index >= 15 is 0 Å². The molecule has 0 unspecified atom stereocenters. The lowest BCUT2D eigenvalue weighted by atomic mass is 10.1. The number of ketones is 1. The molecule has 0 aliphatic rings. The van der Waals surface area contributed by atoms with E-state index in [-0.39, 0.29) is 11.7 Å². The van der Waals surface area contributed by atoms with Gasteiger partial charge in [-0.1, -0.05) is 29.8 Å². The highest BCUT2D eigenvalue weighted by molar-refractivity contribution is 5.96. The van der Waals surface area contributed by atoms with Gasteiger partial charge in [0.05, 0.1) is 5.69 Å². The van der Waals surface area contributed by atoms with Gasteiger partial charge in [0.15, 0.2) is 5.78 Å². The van der Waals surface area contributed by atoms with Crippen molar-refractivity contribution in [1.82, 2.24) is 0 Å². The molecule has 0 aliphatic heterocycles. The Kier molecular flexibility index (Phi) is 4.94. The van der Waals surface area contributed by atoms with E-state index in [1.54, 1.807) is 18.2 Å². The number of Topliss-reactive ketones (excluding diaryl/α,β-unsaturated/α-hetero) is 1. The van der Waals surface area contributed by atoms with Crippen molar-refractivity contribution in [2.24, 2.45) is 0 Å². The van der Waals surface area contributed by atoms with Crippen molar-refractivity contribution in [3.8, 4) is 5.75 Å². The molecule has 4 nitrogen and oxygen atoms in total. The molecule has 114 valence electrons. The molecule has 0 atom stereocenters. The minimum Gasteiger partial charge on any atom is -0.487 e. The fourth-order valence-corrected chi connectivity index (χ4v) is 2.00. The van der Waals surface area contributed by atoms with E-state index in [4.69, 9.17) is 4.74 Å². The maximum Gasteiger partial charge on any atom is 0.221 e. The van der Waals surface area contributed by atoms with Crippen LogP contribution in [-0.2, 0) is 11.4 Å². The number of nitrogens with one attached hydrogen (secondary N) is 1. The Morgan fingerprint density at radius 3 is 2.32 bits per heavy atom.